The number of carbonyl (C=O) groups excluding carboxylic acids is 1. The lowest BCUT2D eigenvalue weighted by atomic mass is 10.0. The van der Waals surface area contributed by atoms with E-state index in [-0.39, 0.29) is 24.0 Å². The van der Waals surface area contributed by atoms with Gasteiger partial charge in [0.25, 0.3) is 0 Å². The van der Waals surface area contributed by atoms with Crippen molar-refractivity contribution >= 4 is 5.91 Å². The molecule has 0 heterocycles. The smallest absolute Gasteiger partial charge is 0.249 e. The lowest BCUT2D eigenvalue weighted by Crippen LogP contribution is -2.48. The van der Waals surface area contributed by atoms with E-state index in [2.05, 4.69) is 5.32 Å². The summed E-state index contributed by atoms with van der Waals surface area (Å²) in [5, 5.41) is 2.85. The highest BCUT2D eigenvalue weighted by Crippen LogP contribution is 2.14. The van der Waals surface area contributed by atoms with Crippen LogP contribution < -0.4 is 5.32 Å². The maximum absolute atomic E-state index is 13.1. The van der Waals surface area contributed by atoms with Crippen molar-refractivity contribution < 1.29 is 18.3 Å². The molecule has 1 aromatic carbocycles. The second-order valence-electron chi connectivity index (χ2n) is 6.49. The van der Waals surface area contributed by atoms with Gasteiger partial charge in [0.05, 0.1) is 6.61 Å². The predicted molar refractivity (Wildman–Crippen MR) is 77.7 cm³/mol. The molecule has 1 amide bonds. The summed E-state index contributed by atoms with van der Waals surface area (Å²) in [6.45, 7) is 9.34. The van der Waals surface area contributed by atoms with Gasteiger partial charge < -0.3 is 10.1 Å². The second kappa shape index (κ2) is 6.98. The van der Waals surface area contributed by atoms with Gasteiger partial charge in [-0.2, -0.15) is 0 Å². The number of hydrogen-bond acceptors (Lipinski definition) is 2. The fourth-order valence-corrected chi connectivity index (χ4v) is 1.89. The van der Waals surface area contributed by atoms with Crippen LogP contribution in [0.4, 0.5) is 8.78 Å². The summed E-state index contributed by atoms with van der Waals surface area (Å²) in [5.74, 6) is -1.59. The van der Waals surface area contributed by atoms with E-state index < -0.39 is 17.7 Å². The molecule has 0 bridgehead atoms. The van der Waals surface area contributed by atoms with Gasteiger partial charge >= 0.3 is 0 Å². The summed E-state index contributed by atoms with van der Waals surface area (Å²) in [5.41, 5.74) is 0.000140. The number of nitrogens with one attached hydrogen (secondary N) is 1. The number of halogens is 2. The third kappa shape index (κ3) is 6.21. The van der Waals surface area contributed by atoms with Crippen LogP contribution in [0.15, 0.2) is 18.2 Å². The van der Waals surface area contributed by atoms with Crippen molar-refractivity contribution in [2.24, 2.45) is 5.92 Å². The zero-order chi connectivity index (χ0) is 16.2. The number of amides is 1. The molecule has 0 aliphatic rings. The zero-order valence-electron chi connectivity index (χ0n) is 13.2. The van der Waals surface area contributed by atoms with Crippen LogP contribution in [-0.2, 0) is 16.1 Å². The Bertz CT molecular complexity index is 475. The molecule has 0 aliphatic carbocycles. The highest BCUT2D eigenvalue weighted by atomic mass is 19.1. The number of ether oxygens (including phenoxy) is 1. The average molecular weight is 299 g/mol. The summed E-state index contributed by atoms with van der Waals surface area (Å²) in [6, 6.07) is 3.19. The minimum atomic E-state index is -0.671. The van der Waals surface area contributed by atoms with Crippen LogP contribution in [0, 0.1) is 17.6 Å². The largest absolute Gasteiger partial charge is 0.363 e. The molecule has 1 atom stereocenters. The van der Waals surface area contributed by atoms with Crippen molar-refractivity contribution in [2.45, 2.75) is 52.9 Å². The Kier molecular flexibility index (Phi) is 5.84. The van der Waals surface area contributed by atoms with Gasteiger partial charge in [-0.1, -0.05) is 13.8 Å². The number of rotatable bonds is 5. The molecule has 118 valence electrons. The zero-order valence-corrected chi connectivity index (χ0v) is 13.2. The van der Waals surface area contributed by atoms with Gasteiger partial charge in [-0.05, 0) is 44.4 Å². The Balaban J connectivity index is 2.73. The van der Waals surface area contributed by atoms with Crippen molar-refractivity contribution in [2.75, 3.05) is 0 Å². The van der Waals surface area contributed by atoms with Gasteiger partial charge in [0, 0.05) is 11.6 Å². The number of carbonyl (C=O) groups is 1. The molecule has 0 aliphatic heterocycles. The summed E-state index contributed by atoms with van der Waals surface area (Å²) in [4.78, 5) is 12.2. The van der Waals surface area contributed by atoms with Gasteiger partial charge in [0.2, 0.25) is 5.91 Å². The fraction of sp³-hybridized carbons (Fsp3) is 0.562. The van der Waals surface area contributed by atoms with Gasteiger partial charge in [-0.25, -0.2) is 8.78 Å². The summed E-state index contributed by atoms with van der Waals surface area (Å²) >= 11 is 0. The molecule has 0 spiro atoms. The quantitative estimate of drug-likeness (QED) is 0.904. The molecule has 0 saturated heterocycles. The van der Waals surface area contributed by atoms with Crippen molar-refractivity contribution in [3.05, 3.63) is 35.4 Å². The highest BCUT2D eigenvalue weighted by molar-refractivity contribution is 5.81. The molecule has 0 fully saturated rings. The molecule has 0 saturated carbocycles. The second-order valence-corrected chi connectivity index (χ2v) is 6.49. The average Bonchev–Trinajstić information content (AvgIpc) is 2.24. The number of hydrogen-bond donors (Lipinski definition) is 1. The Morgan fingerprint density at radius 1 is 1.19 bits per heavy atom. The molecule has 21 heavy (non-hydrogen) atoms. The Morgan fingerprint density at radius 3 is 2.14 bits per heavy atom. The Hall–Kier alpha value is -1.49. The van der Waals surface area contributed by atoms with E-state index in [0.717, 1.165) is 6.07 Å². The fourth-order valence-electron chi connectivity index (χ4n) is 1.89. The monoisotopic (exact) mass is 299 g/mol. The lowest BCUT2D eigenvalue weighted by molar-refractivity contribution is -0.138. The summed E-state index contributed by atoms with van der Waals surface area (Å²) < 4.78 is 31.8. The van der Waals surface area contributed by atoms with Crippen LogP contribution in [0.25, 0.3) is 0 Å². The van der Waals surface area contributed by atoms with Crippen molar-refractivity contribution in [1.82, 2.24) is 5.32 Å². The molecule has 1 N–H and O–H groups in total. The van der Waals surface area contributed by atoms with E-state index >= 15 is 0 Å². The highest BCUT2D eigenvalue weighted by Gasteiger charge is 2.26. The van der Waals surface area contributed by atoms with Crippen LogP contribution in [0.3, 0.4) is 0 Å². The predicted octanol–water partition coefficient (Wildman–Crippen LogP) is 3.42. The van der Waals surface area contributed by atoms with E-state index in [1.54, 1.807) is 0 Å². The lowest BCUT2D eigenvalue weighted by Gasteiger charge is -2.27. The molecule has 5 heteroatoms. The molecule has 0 aromatic heterocycles. The first kappa shape index (κ1) is 17.6. The minimum Gasteiger partial charge on any atom is -0.363 e. The van der Waals surface area contributed by atoms with Gasteiger partial charge in [0.1, 0.15) is 17.7 Å². The summed E-state index contributed by atoms with van der Waals surface area (Å²) in [6.07, 6.45) is -0.671. The standard InChI is InChI=1S/C16H23F2NO2/c1-10(2)14(15(20)19-16(3,4)5)21-9-11-6-12(17)8-13(18)7-11/h6-8,10,14H,9H2,1-5H3,(H,19,20). The van der Waals surface area contributed by atoms with E-state index in [0.29, 0.717) is 5.56 Å². The van der Waals surface area contributed by atoms with Crippen LogP contribution in [0.5, 0.6) is 0 Å². The van der Waals surface area contributed by atoms with E-state index in [4.69, 9.17) is 4.74 Å². The third-order valence-electron chi connectivity index (χ3n) is 2.71. The van der Waals surface area contributed by atoms with Gasteiger partial charge in [-0.15, -0.1) is 0 Å². The Morgan fingerprint density at radius 2 is 1.71 bits per heavy atom. The van der Waals surface area contributed by atoms with Gasteiger partial charge in [0.15, 0.2) is 0 Å². The first-order chi connectivity index (χ1) is 9.58. The molecule has 3 nitrogen and oxygen atoms in total. The van der Waals surface area contributed by atoms with Crippen LogP contribution in [0.2, 0.25) is 0 Å². The minimum absolute atomic E-state index is 0.0188. The maximum atomic E-state index is 13.1. The maximum Gasteiger partial charge on any atom is 0.249 e. The van der Waals surface area contributed by atoms with Crippen molar-refractivity contribution in [3.63, 3.8) is 0 Å². The molecule has 1 unspecified atom stereocenters. The Labute approximate surface area is 124 Å². The first-order valence-corrected chi connectivity index (χ1v) is 6.97. The van der Waals surface area contributed by atoms with E-state index in [9.17, 15) is 13.6 Å². The molecule has 0 radical (unpaired) electrons. The van der Waals surface area contributed by atoms with Crippen molar-refractivity contribution in [3.8, 4) is 0 Å². The molecular formula is C16H23F2NO2. The van der Waals surface area contributed by atoms with Crippen LogP contribution in [0.1, 0.15) is 40.2 Å². The topological polar surface area (TPSA) is 38.3 Å². The SMILES string of the molecule is CC(C)C(OCc1cc(F)cc(F)c1)C(=O)NC(C)(C)C. The van der Waals surface area contributed by atoms with E-state index in [1.165, 1.54) is 12.1 Å². The molecule has 1 aromatic rings. The van der Waals surface area contributed by atoms with Crippen molar-refractivity contribution in [1.29, 1.82) is 0 Å². The molecule has 1 rings (SSSR count). The van der Waals surface area contributed by atoms with E-state index in [1.807, 2.05) is 34.6 Å². The number of benzene rings is 1. The van der Waals surface area contributed by atoms with Crippen LogP contribution in [-0.4, -0.2) is 17.6 Å². The van der Waals surface area contributed by atoms with Crippen LogP contribution >= 0.6 is 0 Å². The first-order valence-electron chi connectivity index (χ1n) is 6.97. The normalized spacial score (nSPS) is 13.3. The third-order valence-corrected chi connectivity index (χ3v) is 2.71. The summed E-state index contributed by atoms with van der Waals surface area (Å²) in [7, 11) is 0. The van der Waals surface area contributed by atoms with Gasteiger partial charge in [-0.3, -0.25) is 4.79 Å². The molecular weight excluding hydrogens is 276 g/mol.